The zero-order valence-electron chi connectivity index (χ0n) is 19.8. The van der Waals surface area contributed by atoms with E-state index in [2.05, 4.69) is 4.98 Å². The minimum Gasteiger partial charge on any atom is -0.444 e. The number of amides is 3. The molecule has 3 amide bonds. The standard InChI is InChI=1S/C24H29ClN4O4S/c1-13-19-16(29(20(13)30)22-26-15-12-14(25)7-8-18(15)34-22)9-11-28(19)21(31)17-6-5-10-27(17)23(32)33-24(2,3)4/h7-8,12-13,16-17,19H,5-6,9-11H2,1-4H3/t13-,16-,17-,19+/m0/s1. The summed E-state index contributed by atoms with van der Waals surface area (Å²) < 4.78 is 6.51. The van der Waals surface area contributed by atoms with Crippen LogP contribution in [0, 0.1) is 5.92 Å². The summed E-state index contributed by atoms with van der Waals surface area (Å²) in [7, 11) is 0. The lowest BCUT2D eigenvalue weighted by Gasteiger charge is -2.33. The Morgan fingerprint density at radius 1 is 1.18 bits per heavy atom. The molecule has 5 rings (SSSR count). The van der Waals surface area contributed by atoms with Crippen molar-refractivity contribution in [1.29, 1.82) is 0 Å². The van der Waals surface area contributed by atoms with E-state index in [0.717, 1.165) is 16.6 Å². The summed E-state index contributed by atoms with van der Waals surface area (Å²) in [5, 5.41) is 1.25. The molecule has 182 valence electrons. The second-order valence-corrected chi connectivity index (χ2v) is 11.8. The van der Waals surface area contributed by atoms with E-state index >= 15 is 0 Å². The molecule has 1 aromatic carbocycles. The van der Waals surface area contributed by atoms with E-state index in [4.69, 9.17) is 16.3 Å². The van der Waals surface area contributed by atoms with E-state index in [1.807, 2.05) is 44.7 Å². The predicted molar refractivity (Wildman–Crippen MR) is 131 cm³/mol. The Hall–Kier alpha value is -2.39. The van der Waals surface area contributed by atoms with E-state index in [-0.39, 0.29) is 29.8 Å². The highest BCUT2D eigenvalue weighted by Crippen LogP contribution is 2.42. The van der Waals surface area contributed by atoms with Gasteiger partial charge in [0.15, 0.2) is 5.13 Å². The molecule has 0 saturated carbocycles. The topological polar surface area (TPSA) is 83.1 Å². The molecule has 0 aliphatic carbocycles. The molecule has 3 aliphatic rings. The maximum absolute atomic E-state index is 13.7. The number of ether oxygens (including phenoxy) is 1. The first kappa shape index (κ1) is 23.4. The number of benzene rings is 1. The van der Waals surface area contributed by atoms with Crippen molar-refractivity contribution in [2.75, 3.05) is 18.0 Å². The number of aromatic nitrogens is 1. The summed E-state index contributed by atoms with van der Waals surface area (Å²) in [5.41, 5.74) is 0.140. The Morgan fingerprint density at radius 3 is 2.68 bits per heavy atom. The molecule has 0 bridgehead atoms. The van der Waals surface area contributed by atoms with Crippen molar-refractivity contribution >= 4 is 56.2 Å². The molecule has 2 aromatic rings. The first-order chi connectivity index (χ1) is 16.0. The molecule has 3 fully saturated rings. The number of nitrogens with zero attached hydrogens (tertiary/aromatic N) is 4. The molecular weight excluding hydrogens is 476 g/mol. The van der Waals surface area contributed by atoms with E-state index < -0.39 is 17.7 Å². The number of rotatable bonds is 2. The molecule has 0 radical (unpaired) electrons. The van der Waals surface area contributed by atoms with Crippen LogP contribution in [0.5, 0.6) is 0 Å². The number of carbonyl (C=O) groups is 3. The van der Waals surface area contributed by atoms with Crippen LogP contribution in [-0.2, 0) is 14.3 Å². The molecule has 0 spiro atoms. The summed E-state index contributed by atoms with van der Waals surface area (Å²) >= 11 is 7.58. The van der Waals surface area contributed by atoms with Gasteiger partial charge in [0, 0.05) is 18.1 Å². The van der Waals surface area contributed by atoms with Crippen molar-refractivity contribution in [3.05, 3.63) is 23.2 Å². The number of fused-ring (bicyclic) bond motifs is 2. The minimum atomic E-state index is -0.625. The SMILES string of the molecule is C[C@@H]1C(=O)N(c2nc3cc(Cl)ccc3s2)[C@H]2CCN(C(=O)[C@@H]3CCCN3C(=O)OC(C)(C)C)[C@H]12. The average Bonchev–Trinajstić information content (AvgIpc) is 3.51. The summed E-state index contributed by atoms with van der Waals surface area (Å²) in [5.74, 6) is -0.454. The van der Waals surface area contributed by atoms with Crippen molar-refractivity contribution < 1.29 is 19.1 Å². The van der Waals surface area contributed by atoms with Crippen molar-refractivity contribution in [1.82, 2.24) is 14.8 Å². The third-order valence-corrected chi connectivity index (χ3v) is 8.15. The largest absolute Gasteiger partial charge is 0.444 e. The number of carbonyl (C=O) groups excluding carboxylic acids is 3. The number of hydrogen-bond donors (Lipinski definition) is 0. The lowest BCUT2D eigenvalue weighted by Crippen LogP contribution is -2.52. The van der Waals surface area contributed by atoms with E-state index in [1.54, 1.807) is 15.9 Å². The van der Waals surface area contributed by atoms with Gasteiger partial charge in [-0.25, -0.2) is 9.78 Å². The highest BCUT2D eigenvalue weighted by Gasteiger charge is 2.55. The Morgan fingerprint density at radius 2 is 1.94 bits per heavy atom. The van der Waals surface area contributed by atoms with Crippen molar-refractivity contribution in [3.63, 3.8) is 0 Å². The maximum atomic E-state index is 13.7. The number of anilines is 1. The Balaban J connectivity index is 1.38. The highest BCUT2D eigenvalue weighted by molar-refractivity contribution is 7.22. The van der Waals surface area contributed by atoms with Gasteiger partial charge in [-0.3, -0.25) is 19.4 Å². The van der Waals surface area contributed by atoms with Crippen molar-refractivity contribution in [3.8, 4) is 0 Å². The molecular formula is C24H29ClN4O4S. The van der Waals surface area contributed by atoms with Gasteiger partial charge in [-0.1, -0.05) is 29.9 Å². The third-order valence-electron chi connectivity index (χ3n) is 6.88. The Bertz CT molecular complexity index is 1160. The Kier molecular flexibility index (Phi) is 5.75. The van der Waals surface area contributed by atoms with Crippen LogP contribution < -0.4 is 4.90 Å². The molecule has 34 heavy (non-hydrogen) atoms. The lowest BCUT2D eigenvalue weighted by atomic mass is 10.0. The maximum Gasteiger partial charge on any atom is 0.410 e. The van der Waals surface area contributed by atoms with Crippen LogP contribution in [0.4, 0.5) is 9.93 Å². The summed E-state index contributed by atoms with van der Waals surface area (Å²) in [6.07, 6.45) is 1.59. The van der Waals surface area contributed by atoms with Crippen LogP contribution in [0.25, 0.3) is 10.2 Å². The van der Waals surface area contributed by atoms with E-state index in [1.165, 1.54) is 11.3 Å². The number of thiazole rings is 1. The fraction of sp³-hybridized carbons (Fsp3) is 0.583. The van der Waals surface area contributed by atoms with Crippen molar-refractivity contribution in [2.45, 2.75) is 70.7 Å². The van der Waals surface area contributed by atoms with Gasteiger partial charge in [-0.05, 0) is 58.2 Å². The normalized spacial score (nSPS) is 27.1. The first-order valence-electron chi connectivity index (χ1n) is 11.7. The van der Waals surface area contributed by atoms with E-state index in [9.17, 15) is 14.4 Å². The van der Waals surface area contributed by atoms with Gasteiger partial charge in [-0.15, -0.1) is 0 Å². The second kappa shape index (κ2) is 8.37. The number of likely N-dealkylation sites (tertiary alicyclic amines) is 2. The number of hydrogen-bond acceptors (Lipinski definition) is 6. The monoisotopic (exact) mass is 504 g/mol. The first-order valence-corrected chi connectivity index (χ1v) is 12.9. The molecule has 4 heterocycles. The van der Waals surface area contributed by atoms with Crippen LogP contribution in [0.3, 0.4) is 0 Å². The van der Waals surface area contributed by atoms with E-state index in [0.29, 0.717) is 36.1 Å². The van der Waals surface area contributed by atoms with Crippen molar-refractivity contribution in [2.24, 2.45) is 5.92 Å². The molecule has 3 aliphatic heterocycles. The van der Waals surface area contributed by atoms with Crippen LogP contribution >= 0.6 is 22.9 Å². The van der Waals surface area contributed by atoms with Crippen LogP contribution in [0.15, 0.2) is 18.2 Å². The van der Waals surface area contributed by atoms with Crippen LogP contribution in [0.1, 0.15) is 47.0 Å². The predicted octanol–water partition coefficient (Wildman–Crippen LogP) is 4.30. The summed E-state index contributed by atoms with van der Waals surface area (Å²) in [6.45, 7) is 8.40. The smallest absolute Gasteiger partial charge is 0.410 e. The molecule has 1 aromatic heterocycles. The highest BCUT2D eigenvalue weighted by atomic mass is 35.5. The summed E-state index contributed by atoms with van der Waals surface area (Å²) in [6, 6.07) is 4.62. The van der Waals surface area contributed by atoms with Gasteiger partial charge in [0.05, 0.1) is 28.2 Å². The molecule has 0 N–H and O–H groups in total. The molecule has 0 unspecified atom stereocenters. The summed E-state index contributed by atoms with van der Waals surface area (Å²) in [4.78, 5) is 49.6. The van der Waals surface area contributed by atoms with Crippen LogP contribution in [0.2, 0.25) is 5.02 Å². The average molecular weight is 505 g/mol. The van der Waals surface area contributed by atoms with Gasteiger partial charge in [0.2, 0.25) is 11.8 Å². The fourth-order valence-corrected chi connectivity index (χ4v) is 6.63. The zero-order valence-corrected chi connectivity index (χ0v) is 21.4. The zero-order chi connectivity index (χ0) is 24.4. The van der Waals surface area contributed by atoms with Gasteiger partial charge in [0.1, 0.15) is 11.6 Å². The molecule has 3 saturated heterocycles. The quantitative estimate of drug-likeness (QED) is 0.609. The molecule has 10 heteroatoms. The third kappa shape index (κ3) is 3.92. The van der Waals surface area contributed by atoms with Crippen LogP contribution in [-0.4, -0.2) is 69.5 Å². The van der Waals surface area contributed by atoms with Gasteiger partial charge >= 0.3 is 6.09 Å². The molecule has 4 atom stereocenters. The fourth-order valence-electron chi connectivity index (χ4n) is 5.45. The number of halogens is 1. The Labute approximate surface area is 207 Å². The lowest BCUT2D eigenvalue weighted by molar-refractivity contribution is -0.137. The molecule has 8 nitrogen and oxygen atoms in total. The van der Waals surface area contributed by atoms with Gasteiger partial charge in [0.25, 0.3) is 0 Å². The van der Waals surface area contributed by atoms with Gasteiger partial charge in [-0.2, -0.15) is 0 Å². The minimum absolute atomic E-state index is 0.0203. The van der Waals surface area contributed by atoms with Gasteiger partial charge < -0.3 is 9.64 Å². The second-order valence-electron chi connectivity index (χ2n) is 10.3.